The van der Waals surface area contributed by atoms with Crippen LogP contribution in [0.4, 0.5) is 0 Å². The molecule has 1 N–H and O–H groups in total. The molecule has 0 fully saturated rings. The molecule has 0 bridgehead atoms. The Labute approximate surface area is 162 Å². The Morgan fingerprint density at radius 2 is 2.04 bits per heavy atom. The lowest BCUT2D eigenvalue weighted by atomic mass is 9.90. The van der Waals surface area contributed by atoms with Crippen LogP contribution in [0.25, 0.3) is 0 Å². The van der Waals surface area contributed by atoms with Crippen molar-refractivity contribution in [3.05, 3.63) is 69.7 Å². The Hall–Kier alpha value is -2.57. The molecule has 1 aromatic carbocycles. The van der Waals surface area contributed by atoms with E-state index in [9.17, 15) is 4.79 Å². The van der Waals surface area contributed by atoms with Gasteiger partial charge in [-0.15, -0.1) is 11.3 Å². The molecule has 0 spiro atoms. The van der Waals surface area contributed by atoms with Gasteiger partial charge in [-0.3, -0.25) is 9.69 Å². The monoisotopic (exact) mass is 382 g/mol. The van der Waals surface area contributed by atoms with E-state index in [0.717, 1.165) is 24.5 Å². The van der Waals surface area contributed by atoms with E-state index in [-0.39, 0.29) is 11.8 Å². The summed E-state index contributed by atoms with van der Waals surface area (Å²) in [6.07, 6.45) is 2.65. The molecule has 5 nitrogen and oxygen atoms in total. The number of carbonyl (C=O) groups is 1. The Bertz CT molecular complexity index is 919. The molecule has 2 aromatic heterocycles. The van der Waals surface area contributed by atoms with Crippen molar-refractivity contribution in [1.29, 1.82) is 0 Å². The lowest BCUT2D eigenvalue weighted by molar-refractivity contribution is 0.0897. The molecular weight excluding hydrogens is 360 g/mol. The first-order valence-corrected chi connectivity index (χ1v) is 9.78. The van der Waals surface area contributed by atoms with Gasteiger partial charge in [-0.05, 0) is 53.3 Å². The lowest BCUT2D eigenvalue weighted by Crippen LogP contribution is -2.39. The first-order valence-electron chi connectivity index (χ1n) is 8.90. The topological polar surface area (TPSA) is 54.6 Å². The van der Waals surface area contributed by atoms with Crippen molar-refractivity contribution in [2.24, 2.45) is 0 Å². The highest BCUT2D eigenvalue weighted by Crippen LogP contribution is 2.42. The van der Waals surface area contributed by atoms with Gasteiger partial charge in [-0.25, -0.2) is 0 Å². The molecule has 6 heteroatoms. The molecule has 1 atom stereocenters. The number of ketones is 1. The number of benzene rings is 1. The standard InChI is InChI=1S/C21H22N2O3S/c1-25-18-11-14-7-9-23(13-17(24)16-5-3-8-22-16)21(20-6-4-10-27-20)15(14)12-19(18)26-2/h3-6,8,10-12,21-22H,7,9,13H2,1-2H3/t21-/m1/s1. The molecule has 0 aliphatic carbocycles. The van der Waals surface area contributed by atoms with Gasteiger partial charge in [0.05, 0.1) is 32.5 Å². The second kappa shape index (κ2) is 7.58. The molecule has 3 heterocycles. The normalized spacial score (nSPS) is 16.7. The summed E-state index contributed by atoms with van der Waals surface area (Å²) in [6.45, 7) is 1.19. The number of hydrogen-bond donors (Lipinski definition) is 1. The van der Waals surface area contributed by atoms with Gasteiger partial charge in [-0.1, -0.05) is 6.07 Å². The maximum atomic E-state index is 12.7. The Morgan fingerprint density at radius 3 is 2.70 bits per heavy atom. The van der Waals surface area contributed by atoms with Crippen LogP contribution >= 0.6 is 11.3 Å². The minimum Gasteiger partial charge on any atom is -0.493 e. The van der Waals surface area contributed by atoms with Crippen LogP contribution in [-0.4, -0.2) is 43.0 Å². The number of methoxy groups -OCH3 is 2. The molecule has 27 heavy (non-hydrogen) atoms. The number of nitrogens with zero attached hydrogens (tertiary/aromatic N) is 1. The average Bonchev–Trinajstić information content (AvgIpc) is 3.40. The van der Waals surface area contributed by atoms with Gasteiger partial charge >= 0.3 is 0 Å². The fraction of sp³-hybridized carbons (Fsp3) is 0.286. The molecule has 140 valence electrons. The number of ether oxygens (including phenoxy) is 2. The number of Topliss-reactive ketones (excluding diaryl/α,β-unsaturated/α-hetero) is 1. The highest BCUT2D eigenvalue weighted by atomic mass is 32.1. The third-order valence-corrected chi connectivity index (χ3v) is 5.96. The van der Waals surface area contributed by atoms with E-state index >= 15 is 0 Å². The number of aromatic amines is 1. The van der Waals surface area contributed by atoms with Crippen LogP contribution in [0.3, 0.4) is 0 Å². The summed E-state index contributed by atoms with van der Waals surface area (Å²) in [5.74, 6) is 1.57. The average molecular weight is 382 g/mol. The first kappa shape index (κ1) is 17.8. The van der Waals surface area contributed by atoms with E-state index in [4.69, 9.17) is 9.47 Å². The van der Waals surface area contributed by atoms with Gasteiger partial charge in [0.2, 0.25) is 0 Å². The van der Waals surface area contributed by atoms with Crippen LogP contribution in [0.5, 0.6) is 11.5 Å². The first-order chi connectivity index (χ1) is 13.2. The maximum Gasteiger partial charge on any atom is 0.192 e. The Kier molecular flexibility index (Phi) is 5.01. The molecule has 4 rings (SSSR count). The Morgan fingerprint density at radius 1 is 1.22 bits per heavy atom. The van der Waals surface area contributed by atoms with Crippen molar-refractivity contribution in [3.8, 4) is 11.5 Å². The van der Waals surface area contributed by atoms with E-state index in [1.165, 1.54) is 16.0 Å². The predicted molar refractivity (Wildman–Crippen MR) is 106 cm³/mol. The summed E-state index contributed by atoms with van der Waals surface area (Å²) in [7, 11) is 3.31. The molecule has 1 aliphatic rings. The van der Waals surface area contributed by atoms with Crippen molar-refractivity contribution in [2.75, 3.05) is 27.3 Å². The summed E-state index contributed by atoms with van der Waals surface area (Å²) < 4.78 is 11.0. The van der Waals surface area contributed by atoms with Crippen LogP contribution in [0.15, 0.2) is 48.0 Å². The summed E-state index contributed by atoms with van der Waals surface area (Å²) in [4.78, 5) is 19.2. The van der Waals surface area contributed by atoms with Gasteiger partial charge in [0.1, 0.15) is 0 Å². The number of aromatic nitrogens is 1. The lowest BCUT2D eigenvalue weighted by Gasteiger charge is -2.36. The van der Waals surface area contributed by atoms with Crippen molar-refractivity contribution >= 4 is 17.1 Å². The van der Waals surface area contributed by atoms with Crippen LogP contribution < -0.4 is 9.47 Å². The summed E-state index contributed by atoms with van der Waals surface area (Å²) in [5.41, 5.74) is 3.08. The van der Waals surface area contributed by atoms with Crippen molar-refractivity contribution < 1.29 is 14.3 Å². The molecule has 1 aliphatic heterocycles. The second-order valence-electron chi connectivity index (χ2n) is 6.55. The minimum absolute atomic E-state index is 0.0347. The van der Waals surface area contributed by atoms with E-state index < -0.39 is 0 Å². The number of thiophene rings is 1. The molecule has 3 aromatic rings. The summed E-state index contributed by atoms with van der Waals surface area (Å²) in [5, 5.41) is 2.08. The maximum absolute atomic E-state index is 12.7. The van der Waals surface area contributed by atoms with Crippen LogP contribution in [0.2, 0.25) is 0 Å². The van der Waals surface area contributed by atoms with E-state index in [2.05, 4.69) is 39.5 Å². The zero-order chi connectivity index (χ0) is 18.8. The largest absolute Gasteiger partial charge is 0.493 e. The van der Waals surface area contributed by atoms with E-state index in [1.807, 2.05) is 12.1 Å². The van der Waals surface area contributed by atoms with Gasteiger partial charge < -0.3 is 14.5 Å². The second-order valence-corrected chi connectivity index (χ2v) is 7.53. The molecule has 0 saturated heterocycles. The quantitative estimate of drug-likeness (QED) is 0.657. The third-order valence-electron chi connectivity index (χ3n) is 5.03. The van der Waals surface area contributed by atoms with Crippen molar-refractivity contribution in [3.63, 3.8) is 0 Å². The van der Waals surface area contributed by atoms with Crippen LogP contribution in [0, 0.1) is 0 Å². The molecule has 0 radical (unpaired) electrons. The highest BCUT2D eigenvalue weighted by molar-refractivity contribution is 7.10. The molecule has 0 unspecified atom stereocenters. The zero-order valence-corrected chi connectivity index (χ0v) is 16.2. The Balaban J connectivity index is 1.73. The SMILES string of the molecule is COc1cc2c(cc1OC)[C@H](c1cccs1)N(CC(=O)c1ccc[nH]1)CC2. The summed E-state index contributed by atoms with van der Waals surface area (Å²) >= 11 is 1.71. The van der Waals surface area contributed by atoms with Crippen molar-refractivity contribution in [1.82, 2.24) is 9.88 Å². The molecule has 0 amide bonds. The number of hydrogen-bond acceptors (Lipinski definition) is 5. The van der Waals surface area contributed by atoms with Gasteiger partial charge in [0, 0.05) is 17.6 Å². The van der Waals surface area contributed by atoms with E-state index in [1.54, 1.807) is 31.8 Å². The molecule has 0 saturated carbocycles. The molecular formula is C21H22N2O3S. The number of H-pyrrole nitrogens is 1. The third kappa shape index (κ3) is 3.38. The fourth-order valence-electron chi connectivity index (χ4n) is 3.72. The summed E-state index contributed by atoms with van der Waals surface area (Å²) in [6, 6.07) is 12.0. The highest BCUT2D eigenvalue weighted by Gasteiger charge is 2.32. The van der Waals surface area contributed by atoms with Crippen LogP contribution in [0.1, 0.15) is 32.5 Å². The number of nitrogens with one attached hydrogen (secondary N) is 1. The minimum atomic E-state index is 0.0347. The number of rotatable bonds is 6. The van der Waals surface area contributed by atoms with Gasteiger partial charge in [0.25, 0.3) is 0 Å². The van der Waals surface area contributed by atoms with Gasteiger partial charge in [0.15, 0.2) is 17.3 Å². The van der Waals surface area contributed by atoms with Gasteiger partial charge in [-0.2, -0.15) is 0 Å². The number of carbonyl (C=O) groups excluding carboxylic acids is 1. The van der Waals surface area contributed by atoms with Crippen molar-refractivity contribution in [2.45, 2.75) is 12.5 Å². The zero-order valence-electron chi connectivity index (χ0n) is 15.4. The smallest absolute Gasteiger partial charge is 0.192 e. The van der Waals surface area contributed by atoms with E-state index in [0.29, 0.717) is 12.2 Å². The van der Waals surface area contributed by atoms with Crippen LogP contribution in [-0.2, 0) is 6.42 Å². The fourth-order valence-corrected chi connectivity index (χ4v) is 4.60. The number of fused-ring (bicyclic) bond motifs is 1. The predicted octanol–water partition coefficient (Wildman–Crippen LogP) is 3.92.